The summed E-state index contributed by atoms with van der Waals surface area (Å²) < 4.78 is 0.725. The van der Waals surface area contributed by atoms with Gasteiger partial charge in [0.05, 0.1) is 5.69 Å². The largest absolute Gasteiger partial charge is 0.353 e. The van der Waals surface area contributed by atoms with Crippen LogP contribution in [0.1, 0.15) is 0 Å². The lowest BCUT2D eigenvalue weighted by molar-refractivity contribution is 1.27. The van der Waals surface area contributed by atoms with E-state index in [1.807, 2.05) is 36.5 Å². The highest BCUT2D eigenvalue weighted by Gasteiger charge is 1.95. The molecular formula is C10H8N2S. The van der Waals surface area contributed by atoms with Gasteiger partial charge in [-0.3, -0.25) is 4.98 Å². The average Bonchev–Trinajstić information content (AvgIpc) is 2.19. The minimum Gasteiger partial charge on any atom is -0.353 e. The van der Waals surface area contributed by atoms with Crippen molar-refractivity contribution in [2.75, 3.05) is 0 Å². The first-order valence-corrected chi connectivity index (χ1v) is 4.37. The molecule has 0 spiro atoms. The predicted molar refractivity (Wildman–Crippen MR) is 54.9 cm³/mol. The molecule has 1 N–H and O–H groups in total. The Labute approximate surface area is 81.3 Å². The first kappa shape index (κ1) is 8.13. The number of nitrogens with one attached hydrogen (secondary N) is 1. The van der Waals surface area contributed by atoms with Crippen LogP contribution in [0.3, 0.4) is 0 Å². The Kier molecular flexibility index (Phi) is 2.19. The highest BCUT2D eigenvalue weighted by Crippen LogP contribution is 2.14. The summed E-state index contributed by atoms with van der Waals surface area (Å²) >= 11 is 5.02. The molecule has 2 nitrogen and oxygen atoms in total. The zero-order valence-electron chi connectivity index (χ0n) is 6.90. The van der Waals surface area contributed by atoms with Gasteiger partial charge in [-0.25, -0.2) is 0 Å². The standard InChI is InChI=1S/C10H8N2S/c13-10-7-8(4-6-12-10)9-3-1-2-5-11-9/h1-7H,(H,12,13). The molecule has 0 radical (unpaired) electrons. The molecule has 0 saturated carbocycles. The van der Waals surface area contributed by atoms with E-state index >= 15 is 0 Å². The summed E-state index contributed by atoms with van der Waals surface area (Å²) in [4.78, 5) is 7.16. The van der Waals surface area contributed by atoms with Gasteiger partial charge in [0.25, 0.3) is 0 Å². The van der Waals surface area contributed by atoms with Gasteiger partial charge in [-0.05, 0) is 24.3 Å². The third kappa shape index (κ3) is 1.81. The lowest BCUT2D eigenvalue weighted by atomic mass is 10.2. The van der Waals surface area contributed by atoms with Crippen molar-refractivity contribution in [1.82, 2.24) is 9.97 Å². The first-order chi connectivity index (χ1) is 6.36. The fourth-order valence-corrected chi connectivity index (χ4v) is 1.33. The van der Waals surface area contributed by atoms with E-state index in [1.165, 1.54) is 0 Å². The maximum Gasteiger partial charge on any atom is 0.103 e. The highest BCUT2D eigenvalue weighted by molar-refractivity contribution is 7.71. The Balaban J connectivity index is 2.54. The summed E-state index contributed by atoms with van der Waals surface area (Å²) in [5.74, 6) is 0. The van der Waals surface area contributed by atoms with E-state index in [0.29, 0.717) is 0 Å². The smallest absolute Gasteiger partial charge is 0.103 e. The van der Waals surface area contributed by atoms with E-state index in [2.05, 4.69) is 9.97 Å². The summed E-state index contributed by atoms with van der Waals surface area (Å²) in [6, 6.07) is 9.68. The normalized spacial score (nSPS) is 9.85. The zero-order valence-corrected chi connectivity index (χ0v) is 7.71. The van der Waals surface area contributed by atoms with Gasteiger partial charge in [0.15, 0.2) is 0 Å². The van der Waals surface area contributed by atoms with Gasteiger partial charge in [-0.1, -0.05) is 18.3 Å². The van der Waals surface area contributed by atoms with Gasteiger partial charge in [0.1, 0.15) is 4.64 Å². The summed E-state index contributed by atoms with van der Waals surface area (Å²) in [6.07, 6.45) is 3.60. The Morgan fingerprint density at radius 2 is 2.15 bits per heavy atom. The molecule has 0 fully saturated rings. The molecule has 2 aromatic rings. The molecule has 0 bridgehead atoms. The van der Waals surface area contributed by atoms with Crippen molar-refractivity contribution in [2.24, 2.45) is 0 Å². The van der Waals surface area contributed by atoms with Crippen molar-refractivity contribution < 1.29 is 0 Å². The average molecular weight is 188 g/mol. The number of aromatic amines is 1. The van der Waals surface area contributed by atoms with E-state index in [1.54, 1.807) is 6.20 Å². The van der Waals surface area contributed by atoms with E-state index in [9.17, 15) is 0 Å². The second kappa shape index (κ2) is 3.49. The second-order valence-corrected chi connectivity index (χ2v) is 3.10. The lowest BCUT2D eigenvalue weighted by Gasteiger charge is -1.98. The summed E-state index contributed by atoms with van der Waals surface area (Å²) in [5.41, 5.74) is 1.99. The lowest BCUT2D eigenvalue weighted by Crippen LogP contribution is -1.82. The zero-order chi connectivity index (χ0) is 9.10. The Morgan fingerprint density at radius 3 is 2.85 bits per heavy atom. The van der Waals surface area contributed by atoms with Crippen molar-refractivity contribution in [1.29, 1.82) is 0 Å². The molecule has 0 aliphatic rings. The van der Waals surface area contributed by atoms with Crippen LogP contribution in [0.2, 0.25) is 0 Å². The molecular weight excluding hydrogens is 180 g/mol. The van der Waals surface area contributed by atoms with Crippen LogP contribution < -0.4 is 0 Å². The number of H-pyrrole nitrogens is 1. The van der Waals surface area contributed by atoms with Gasteiger partial charge in [-0.15, -0.1) is 0 Å². The molecule has 2 rings (SSSR count). The molecule has 64 valence electrons. The molecule has 3 heteroatoms. The number of rotatable bonds is 1. The SMILES string of the molecule is S=c1cc(-c2ccccn2)cc[nH]1. The van der Waals surface area contributed by atoms with Gasteiger partial charge >= 0.3 is 0 Å². The molecule has 2 aromatic heterocycles. The first-order valence-electron chi connectivity index (χ1n) is 3.96. The number of hydrogen-bond acceptors (Lipinski definition) is 2. The van der Waals surface area contributed by atoms with Crippen molar-refractivity contribution >= 4 is 12.2 Å². The minimum absolute atomic E-state index is 0.725. The quantitative estimate of drug-likeness (QED) is 0.697. The molecule has 0 aliphatic carbocycles. The molecule has 0 aliphatic heterocycles. The summed E-state index contributed by atoms with van der Waals surface area (Å²) in [5, 5.41) is 0. The third-order valence-corrected chi connectivity index (χ3v) is 1.97. The number of pyridine rings is 2. The van der Waals surface area contributed by atoms with Crippen LogP contribution in [0.15, 0.2) is 42.7 Å². The van der Waals surface area contributed by atoms with Gasteiger partial charge in [0.2, 0.25) is 0 Å². The van der Waals surface area contributed by atoms with Crippen LogP contribution >= 0.6 is 12.2 Å². The van der Waals surface area contributed by atoms with Crippen molar-refractivity contribution in [3.8, 4) is 11.3 Å². The number of aromatic nitrogens is 2. The van der Waals surface area contributed by atoms with Crippen LogP contribution in [-0.4, -0.2) is 9.97 Å². The van der Waals surface area contributed by atoms with Crippen LogP contribution in [0, 0.1) is 4.64 Å². The monoisotopic (exact) mass is 188 g/mol. The van der Waals surface area contributed by atoms with Crippen molar-refractivity contribution in [3.63, 3.8) is 0 Å². The molecule has 0 saturated heterocycles. The fraction of sp³-hybridized carbons (Fsp3) is 0. The van der Waals surface area contributed by atoms with Crippen molar-refractivity contribution in [2.45, 2.75) is 0 Å². The second-order valence-electron chi connectivity index (χ2n) is 2.66. The maximum atomic E-state index is 5.02. The third-order valence-electron chi connectivity index (χ3n) is 1.74. The van der Waals surface area contributed by atoms with E-state index < -0.39 is 0 Å². The number of nitrogens with zero attached hydrogens (tertiary/aromatic N) is 1. The van der Waals surface area contributed by atoms with Crippen LogP contribution in [0.5, 0.6) is 0 Å². The molecule has 13 heavy (non-hydrogen) atoms. The van der Waals surface area contributed by atoms with Gasteiger partial charge in [-0.2, -0.15) is 0 Å². The summed E-state index contributed by atoms with van der Waals surface area (Å²) in [6.45, 7) is 0. The molecule has 0 aromatic carbocycles. The Morgan fingerprint density at radius 1 is 1.23 bits per heavy atom. The van der Waals surface area contributed by atoms with Crippen molar-refractivity contribution in [3.05, 3.63) is 47.4 Å². The topological polar surface area (TPSA) is 28.7 Å². The van der Waals surface area contributed by atoms with E-state index in [4.69, 9.17) is 12.2 Å². The van der Waals surface area contributed by atoms with Crippen LogP contribution in [0.25, 0.3) is 11.3 Å². The Hall–Kier alpha value is -1.48. The minimum atomic E-state index is 0.725. The number of hydrogen-bond donors (Lipinski definition) is 1. The summed E-state index contributed by atoms with van der Waals surface area (Å²) in [7, 11) is 0. The Bertz CT molecular complexity index is 448. The van der Waals surface area contributed by atoms with E-state index in [-0.39, 0.29) is 0 Å². The van der Waals surface area contributed by atoms with E-state index in [0.717, 1.165) is 15.9 Å². The van der Waals surface area contributed by atoms with Gasteiger partial charge < -0.3 is 4.98 Å². The van der Waals surface area contributed by atoms with Crippen LogP contribution in [-0.2, 0) is 0 Å². The molecule has 2 heterocycles. The highest BCUT2D eigenvalue weighted by atomic mass is 32.1. The fourth-order valence-electron chi connectivity index (χ4n) is 1.14. The predicted octanol–water partition coefficient (Wildman–Crippen LogP) is 2.81. The van der Waals surface area contributed by atoms with Gasteiger partial charge in [0, 0.05) is 18.0 Å². The molecule has 0 unspecified atom stereocenters. The van der Waals surface area contributed by atoms with Crippen LogP contribution in [0.4, 0.5) is 0 Å². The maximum absolute atomic E-state index is 5.02. The molecule has 0 atom stereocenters. The molecule has 0 amide bonds.